The quantitative estimate of drug-likeness (QED) is 0.778. The van der Waals surface area contributed by atoms with E-state index in [1.54, 1.807) is 17.5 Å². The second kappa shape index (κ2) is 5.93. The van der Waals surface area contributed by atoms with Crippen molar-refractivity contribution in [3.63, 3.8) is 0 Å². The summed E-state index contributed by atoms with van der Waals surface area (Å²) < 4.78 is 5.78. The summed E-state index contributed by atoms with van der Waals surface area (Å²) in [6.07, 6.45) is 1.81. The van der Waals surface area contributed by atoms with Gasteiger partial charge in [0.05, 0.1) is 11.4 Å². The lowest BCUT2D eigenvalue weighted by molar-refractivity contribution is 0.462. The average molecular weight is 297 g/mol. The Labute approximate surface area is 127 Å². The van der Waals surface area contributed by atoms with Gasteiger partial charge in [-0.1, -0.05) is 0 Å². The summed E-state index contributed by atoms with van der Waals surface area (Å²) >= 11 is 1.62. The number of aromatic nitrogens is 2. The number of aryl methyl sites for hydroxylation is 1. The third-order valence-electron chi connectivity index (χ3n) is 3.09. The molecule has 3 rings (SSSR count). The zero-order valence-electron chi connectivity index (χ0n) is 11.8. The molecule has 0 saturated carbocycles. The maximum absolute atomic E-state index is 5.78. The van der Waals surface area contributed by atoms with Crippen LogP contribution in [-0.4, -0.2) is 17.0 Å². The molecule has 106 valence electrons. The van der Waals surface area contributed by atoms with E-state index in [0.29, 0.717) is 5.88 Å². The minimum absolute atomic E-state index is 0.591. The second-order valence-corrected chi connectivity index (χ2v) is 5.39. The number of nitrogens with zero attached hydrogens (tertiary/aromatic N) is 2. The molecule has 5 heteroatoms. The Kier molecular flexibility index (Phi) is 3.83. The van der Waals surface area contributed by atoms with Gasteiger partial charge in [-0.15, -0.1) is 11.3 Å². The van der Waals surface area contributed by atoms with Gasteiger partial charge in [0.15, 0.2) is 0 Å². The van der Waals surface area contributed by atoms with Crippen molar-refractivity contribution in [3.05, 3.63) is 53.7 Å². The zero-order chi connectivity index (χ0) is 14.7. The number of hydrogen-bond acceptors (Lipinski definition) is 5. The van der Waals surface area contributed by atoms with Gasteiger partial charge >= 0.3 is 0 Å². The van der Waals surface area contributed by atoms with E-state index < -0.39 is 0 Å². The molecule has 0 aliphatic carbocycles. The van der Waals surface area contributed by atoms with Crippen molar-refractivity contribution < 1.29 is 4.74 Å². The lowest BCUT2D eigenvalue weighted by atomic mass is 10.2. The largest absolute Gasteiger partial charge is 0.439 e. The predicted molar refractivity (Wildman–Crippen MR) is 86.1 cm³/mol. The summed E-state index contributed by atoms with van der Waals surface area (Å²) in [6.45, 7) is 1.95. The Morgan fingerprint density at radius 1 is 1.10 bits per heavy atom. The molecule has 1 N–H and O–H groups in total. The summed E-state index contributed by atoms with van der Waals surface area (Å²) in [7, 11) is 1.88. The van der Waals surface area contributed by atoms with Crippen molar-refractivity contribution in [2.24, 2.45) is 0 Å². The highest BCUT2D eigenvalue weighted by Crippen LogP contribution is 2.27. The van der Waals surface area contributed by atoms with Crippen LogP contribution >= 0.6 is 11.3 Å². The molecule has 0 aliphatic heterocycles. The van der Waals surface area contributed by atoms with Crippen LogP contribution in [0.1, 0.15) is 5.69 Å². The van der Waals surface area contributed by atoms with E-state index >= 15 is 0 Å². The molecule has 0 aliphatic rings. The van der Waals surface area contributed by atoms with Gasteiger partial charge in [-0.3, -0.25) is 0 Å². The fourth-order valence-electron chi connectivity index (χ4n) is 2.01. The first kappa shape index (κ1) is 13.6. The normalized spacial score (nSPS) is 10.4. The minimum Gasteiger partial charge on any atom is -0.439 e. The molecule has 0 amide bonds. The molecule has 0 radical (unpaired) electrons. The number of anilines is 1. The highest BCUT2D eigenvalue weighted by atomic mass is 32.1. The molecular weight excluding hydrogens is 282 g/mol. The standard InChI is InChI=1S/C16H15N3OS/c1-11-14(17-2)7-8-15(19-11)20-13-5-3-12(4-6-13)16-18-9-10-21-16/h3-10,17H,1-2H3. The number of thiazole rings is 1. The molecule has 0 fully saturated rings. The highest BCUT2D eigenvalue weighted by molar-refractivity contribution is 7.13. The van der Waals surface area contributed by atoms with Crippen LogP contribution in [0.4, 0.5) is 5.69 Å². The first-order chi connectivity index (χ1) is 10.3. The van der Waals surface area contributed by atoms with Crippen molar-refractivity contribution in [1.82, 2.24) is 9.97 Å². The average Bonchev–Trinajstić information content (AvgIpc) is 3.02. The Morgan fingerprint density at radius 3 is 2.52 bits per heavy atom. The van der Waals surface area contributed by atoms with E-state index in [2.05, 4.69) is 15.3 Å². The summed E-state index contributed by atoms with van der Waals surface area (Å²) in [5, 5.41) is 6.06. The molecule has 0 unspecified atom stereocenters. The Morgan fingerprint density at radius 2 is 1.90 bits per heavy atom. The molecule has 21 heavy (non-hydrogen) atoms. The van der Waals surface area contributed by atoms with Gasteiger partial charge in [0.1, 0.15) is 10.8 Å². The summed E-state index contributed by atoms with van der Waals surface area (Å²) in [4.78, 5) is 8.71. The molecule has 2 heterocycles. The topological polar surface area (TPSA) is 47.0 Å². The second-order valence-electron chi connectivity index (χ2n) is 4.50. The van der Waals surface area contributed by atoms with Crippen LogP contribution in [0, 0.1) is 6.92 Å². The van der Waals surface area contributed by atoms with Crippen LogP contribution in [0.2, 0.25) is 0 Å². The van der Waals surface area contributed by atoms with Crippen LogP contribution in [-0.2, 0) is 0 Å². The van der Waals surface area contributed by atoms with Gasteiger partial charge < -0.3 is 10.1 Å². The predicted octanol–water partition coefficient (Wildman–Crippen LogP) is 4.35. The molecule has 4 nitrogen and oxygen atoms in total. The van der Waals surface area contributed by atoms with Gasteiger partial charge in [0.25, 0.3) is 0 Å². The number of benzene rings is 1. The molecule has 0 bridgehead atoms. The Hall–Kier alpha value is -2.40. The SMILES string of the molecule is CNc1ccc(Oc2ccc(-c3nccs3)cc2)nc1C. The molecule has 0 saturated heterocycles. The van der Waals surface area contributed by atoms with Crippen LogP contribution in [0.15, 0.2) is 48.0 Å². The highest BCUT2D eigenvalue weighted by Gasteiger charge is 2.04. The van der Waals surface area contributed by atoms with E-state index in [1.165, 1.54) is 0 Å². The zero-order valence-corrected chi connectivity index (χ0v) is 12.6. The first-order valence-corrected chi connectivity index (χ1v) is 7.47. The maximum atomic E-state index is 5.78. The smallest absolute Gasteiger partial charge is 0.219 e. The third-order valence-corrected chi connectivity index (χ3v) is 3.91. The maximum Gasteiger partial charge on any atom is 0.219 e. The van der Waals surface area contributed by atoms with Crippen LogP contribution in [0.25, 0.3) is 10.6 Å². The van der Waals surface area contributed by atoms with Gasteiger partial charge in [-0.2, -0.15) is 0 Å². The number of pyridine rings is 1. The third kappa shape index (κ3) is 3.03. The van der Waals surface area contributed by atoms with Crippen molar-refractivity contribution in [1.29, 1.82) is 0 Å². The fraction of sp³-hybridized carbons (Fsp3) is 0.125. The van der Waals surface area contributed by atoms with Crippen LogP contribution in [0.5, 0.6) is 11.6 Å². The number of rotatable bonds is 4. The van der Waals surface area contributed by atoms with Gasteiger partial charge in [0, 0.05) is 30.3 Å². The van der Waals surface area contributed by atoms with E-state index in [0.717, 1.165) is 27.7 Å². The molecule has 3 aromatic rings. The monoisotopic (exact) mass is 297 g/mol. The van der Waals surface area contributed by atoms with E-state index in [1.807, 2.05) is 55.7 Å². The number of hydrogen-bond donors (Lipinski definition) is 1. The molecule has 1 aromatic carbocycles. The van der Waals surface area contributed by atoms with Crippen molar-refractivity contribution in [2.75, 3.05) is 12.4 Å². The Balaban J connectivity index is 1.77. The van der Waals surface area contributed by atoms with E-state index in [-0.39, 0.29) is 0 Å². The van der Waals surface area contributed by atoms with Gasteiger partial charge in [-0.05, 0) is 37.3 Å². The van der Waals surface area contributed by atoms with Crippen LogP contribution in [0.3, 0.4) is 0 Å². The summed E-state index contributed by atoms with van der Waals surface area (Å²) in [5.41, 5.74) is 3.00. The van der Waals surface area contributed by atoms with Crippen LogP contribution < -0.4 is 10.1 Å². The molecular formula is C16H15N3OS. The minimum atomic E-state index is 0.591. The number of nitrogens with one attached hydrogen (secondary N) is 1. The summed E-state index contributed by atoms with van der Waals surface area (Å²) in [5.74, 6) is 1.35. The Bertz CT molecular complexity index is 724. The number of ether oxygens (including phenoxy) is 1. The van der Waals surface area contributed by atoms with Crippen molar-refractivity contribution >= 4 is 17.0 Å². The van der Waals surface area contributed by atoms with Gasteiger partial charge in [0.2, 0.25) is 5.88 Å². The van der Waals surface area contributed by atoms with Crippen molar-refractivity contribution in [3.8, 4) is 22.2 Å². The molecule has 0 spiro atoms. The molecule has 2 aromatic heterocycles. The van der Waals surface area contributed by atoms with Crippen molar-refractivity contribution in [2.45, 2.75) is 6.92 Å². The summed E-state index contributed by atoms with van der Waals surface area (Å²) in [6, 6.07) is 11.7. The van der Waals surface area contributed by atoms with E-state index in [4.69, 9.17) is 4.74 Å². The fourth-order valence-corrected chi connectivity index (χ4v) is 2.66. The molecule has 0 atom stereocenters. The van der Waals surface area contributed by atoms with Gasteiger partial charge in [-0.25, -0.2) is 9.97 Å². The first-order valence-electron chi connectivity index (χ1n) is 6.59. The lowest BCUT2D eigenvalue weighted by Gasteiger charge is -2.08. The van der Waals surface area contributed by atoms with E-state index in [9.17, 15) is 0 Å². The lowest BCUT2D eigenvalue weighted by Crippen LogP contribution is -1.96.